The number of aryl methyl sites for hydroxylation is 1. The molecule has 5 nitrogen and oxygen atoms in total. The van der Waals surface area contributed by atoms with Crippen LogP contribution in [0.1, 0.15) is 50.9 Å². The smallest absolute Gasteiger partial charge is 0.296 e. The van der Waals surface area contributed by atoms with Gasteiger partial charge in [0.1, 0.15) is 6.20 Å². The Kier molecular flexibility index (Phi) is 3.39. The lowest BCUT2D eigenvalue weighted by atomic mass is 9.91. The molecule has 19 heavy (non-hydrogen) atoms. The fourth-order valence-corrected chi connectivity index (χ4v) is 2.46. The summed E-state index contributed by atoms with van der Waals surface area (Å²) >= 11 is 0. The maximum Gasteiger partial charge on any atom is 0.303 e. The number of piperidine rings is 1. The summed E-state index contributed by atoms with van der Waals surface area (Å²) in [6, 6.07) is 0. The molecule has 1 aromatic rings. The lowest BCUT2D eigenvalue weighted by molar-refractivity contribution is -0.686. The van der Waals surface area contributed by atoms with E-state index in [-0.39, 0.29) is 23.1 Å². The molecule has 1 fully saturated rings. The van der Waals surface area contributed by atoms with Crippen molar-refractivity contribution in [2.75, 3.05) is 0 Å². The Labute approximate surface area is 113 Å². The molecule has 1 aliphatic rings. The SMILES string of the molecule is C[n+]1cc(C2CCC(=O)NC2=O)cnc1C(C)(C)C. The Balaban J connectivity index is 2.30. The molecule has 1 atom stereocenters. The number of amides is 2. The van der Waals surface area contributed by atoms with Crippen LogP contribution < -0.4 is 9.88 Å². The molecule has 0 saturated carbocycles. The van der Waals surface area contributed by atoms with Gasteiger partial charge in [-0.2, -0.15) is 0 Å². The Morgan fingerprint density at radius 3 is 2.58 bits per heavy atom. The van der Waals surface area contributed by atoms with Crippen LogP contribution in [0, 0.1) is 0 Å². The van der Waals surface area contributed by atoms with Crippen molar-refractivity contribution in [3.8, 4) is 0 Å². The van der Waals surface area contributed by atoms with E-state index in [4.69, 9.17) is 0 Å². The molecule has 102 valence electrons. The molecule has 1 saturated heterocycles. The normalized spacial score (nSPS) is 20.3. The molecule has 0 radical (unpaired) electrons. The number of nitrogens with zero attached hydrogens (tertiary/aromatic N) is 2. The van der Waals surface area contributed by atoms with E-state index >= 15 is 0 Å². The van der Waals surface area contributed by atoms with Gasteiger partial charge in [0.05, 0.1) is 24.6 Å². The van der Waals surface area contributed by atoms with Crippen molar-refractivity contribution in [3.63, 3.8) is 0 Å². The van der Waals surface area contributed by atoms with Crippen molar-refractivity contribution < 1.29 is 14.2 Å². The predicted molar refractivity (Wildman–Crippen MR) is 69.2 cm³/mol. The minimum Gasteiger partial charge on any atom is -0.296 e. The van der Waals surface area contributed by atoms with Crippen molar-refractivity contribution >= 4 is 11.8 Å². The van der Waals surface area contributed by atoms with Crippen LogP contribution in [0.15, 0.2) is 12.4 Å². The van der Waals surface area contributed by atoms with Crippen molar-refractivity contribution in [3.05, 3.63) is 23.8 Å². The van der Waals surface area contributed by atoms with E-state index in [0.717, 1.165) is 11.4 Å². The van der Waals surface area contributed by atoms with Crippen LogP contribution in [0.25, 0.3) is 0 Å². The third-order valence-electron chi connectivity index (χ3n) is 3.33. The molecular weight excluding hydrogens is 242 g/mol. The molecule has 0 spiro atoms. The second-order valence-corrected chi connectivity index (χ2v) is 6.08. The van der Waals surface area contributed by atoms with Crippen molar-refractivity contribution in [1.82, 2.24) is 10.3 Å². The van der Waals surface area contributed by atoms with Crippen molar-refractivity contribution in [2.24, 2.45) is 7.05 Å². The molecule has 2 rings (SSSR count). The Hall–Kier alpha value is -1.78. The zero-order valence-corrected chi connectivity index (χ0v) is 11.9. The Morgan fingerprint density at radius 2 is 2.05 bits per heavy atom. The number of imide groups is 1. The van der Waals surface area contributed by atoms with Gasteiger partial charge in [0.15, 0.2) is 0 Å². The van der Waals surface area contributed by atoms with Gasteiger partial charge < -0.3 is 0 Å². The first-order valence-corrected chi connectivity index (χ1v) is 6.49. The van der Waals surface area contributed by atoms with Crippen LogP contribution in [0.5, 0.6) is 0 Å². The first kappa shape index (κ1) is 13.6. The summed E-state index contributed by atoms with van der Waals surface area (Å²) in [5, 5.41) is 2.38. The largest absolute Gasteiger partial charge is 0.303 e. The lowest BCUT2D eigenvalue weighted by Gasteiger charge is -2.20. The maximum absolute atomic E-state index is 11.8. The van der Waals surface area contributed by atoms with Gasteiger partial charge in [-0.1, -0.05) is 4.98 Å². The summed E-state index contributed by atoms with van der Waals surface area (Å²) in [4.78, 5) is 27.5. The molecule has 0 aliphatic carbocycles. The zero-order valence-electron chi connectivity index (χ0n) is 11.9. The summed E-state index contributed by atoms with van der Waals surface area (Å²) < 4.78 is 1.96. The summed E-state index contributed by atoms with van der Waals surface area (Å²) in [6.07, 6.45) is 4.64. The minimum atomic E-state index is -0.273. The van der Waals surface area contributed by atoms with Gasteiger partial charge >= 0.3 is 5.82 Å². The average molecular weight is 262 g/mol. The second-order valence-electron chi connectivity index (χ2n) is 6.08. The van der Waals surface area contributed by atoms with Gasteiger partial charge in [0, 0.05) is 12.0 Å². The topological polar surface area (TPSA) is 62.9 Å². The highest BCUT2D eigenvalue weighted by Gasteiger charge is 2.32. The summed E-state index contributed by atoms with van der Waals surface area (Å²) in [7, 11) is 1.93. The molecular formula is C14H20N3O2+. The lowest BCUT2D eigenvalue weighted by Crippen LogP contribution is -2.43. The Morgan fingerprint density at radius 1 is 1.37 bits per heavy atom. The van der Waals surface area contributed by atoms with Gasteiger partial charge in [-0.3, -0.25) is 14.9 Å². The quantitative estimate of drug-likeness (QED) is 0.599. The van der Waals surface area contributed by atoms with Crippen molar-refractivity contribution in [2.45, 2.75) is 44.9 Å². The highest BCUT2D eigenvalue weighted by atomic mass is 16.2. The van der Waals surface area contributed by atoms with Crippen LogP contribution in [0.2, 0.25) is 0 Å². The van der Waals surface area contributed by atoms with Gasteiger partial charge in [-0.25, -0.2) is 4.57 Å². The first-order chi connectivity index (χ1) is 8.79. The van der Waals surface area contributed by atoms with E-state index in [0.29, 0.717) is 12.8 Å². The van der Waals surface area contributed by atoms with Gasteiger partial charge in [0.2, 0.25) is 11.8 Å². The zero-order chi connectivity index (χ0) is 14.2. The van der Waals surface area contributed by atoms with Crippen molar-refractivity contribution in [1.29, 1.82) is 0 Å². The number of aromatic nitrogens is 2. The molecule has 5 heteroatoms. The fraction of sp³-hybridized carbons (Fsp3) is 0.571. The predicted octanol–water partition coefficient (Wildman–Crippen LogP) is 0.724. The number of hydrogen-bond donors (Lipinski definition) is 1. The van der Waals surface area contributed by atoms with E-state index < -0.39 is 0 Å². The highest BCUT2D eigenvalue weighted by Crippen LogP contribution is 2.24. The van der Waals surface area contributed by atoms with E-state index in [1.807, 2.05) is 17.8 Å². The third-order valence-corrected chi connectivity index (χ3v) is 3.33. The highest BCUT2D eigenvalue weighted by molar-refractivity contribution is 6.00. The standard InChI is InChI=1S/C14H19N3O2/c1-14(2,3)13-15-7-9(8-17(13)4)10-5-6-11(18)16-12(10)19/h7-8,10H,5-6H2,1-4H3/p+1. The van der Waals surface area contributed by atoms with Gasteiger partial charge in [-0.05, 0) is 27.2 Å². The van der Waals surface area contributed by atoms with E-state index in [1.54, 1.807) is 6.20 Å². The maximum atomic E-state index is 11.8. The number of nitrogens with one attached hydrogen (secondary N) is 1. The minimum absolute atomic E-state index is 0.0436. The van der Waals surface area contributed by atoms with E-state index in [9.17, 15) is 9.59 Å². The van der Waals surface area contributed by atoms with E-state index in [1.165, 1.54) is 0 Å². The molecule has 1 unspecified atom stereocenters. The summed E-state index contributed by atoms with van der Waals surface area (Å²) in [5.74, 6) is 0.278. The third kappa shape index (κ3) is 2.80. The second kappa shape index (κ2) is 4.72. The van der Waals surface area contributed by atoms with E-state index in [2.05, 4.69) is 31.1 Å². The number of rotatable bonds is 1. The van der Waals surface area contributed by atoms with Crippen LogP contribution >= 0.6 is 0 Å². The molecule has 1 aliphatic heterocycles. The van der Waals surface area contributed by atoms with Gasteiger partial charge in [-0.15, -0.1) is 0 Å². The molecule has 0 aromatic carbocycles. The summed E-state index contributed by atoms with van der Waals surface area (Å²) in [6.45, 7) is 6.29. The van der Waals surface area contributed by atoms with Gasteiger partial charge in [0.25, 0.3) is 0 Å². The monoisotopic (exact) mass is 262 g/mol. The molecule has 1 N–H and O–H groups in total. The summed E-state index contributed by atoms with van der Waals surface area (Å²) in [5.41, 5.74) is 0.818. The number of carbonyl (C=O) groups is 2. The first-order valence-electron chi connectivity index (χ1n) is 6.49. The van der Waals surface area contributed by atoms with Crippen LogP contribution in [-0.2, 0) is 22.1 Å². The molecule has 2 amide bonds. The molecule has 2 heterocycles. The molecule has 1 aromatic heterocycles. The number of hydrogen-bond acceptors (Lipinski definition) is 3. The molecule has 0 bridgehead atoms. The number of carbonyl (C=O) groups excluding carboxylic acids is 2. The van der Waals surface area contributed by atoms with Crippen LogP contribution in [-0.4, -0.2) is 16.8 Å². The average Bonchev–Trinajstić information content (AvgIpc) is 2.26. The van der Waals surface area contributed by atoms with Crippen LogP contribution in [0.3, 0.4) is 0 Å². The van der Waals surface area contributed by atoms with Crippen LogP contribution in [0.4, 0.5) is 0 Å². The Bertz CT molecular complexity index is 532. The fourth-order valence-electron chi connectivity index (χ4n) is 2.46.